The molecule has 14 nitrogen and oxygen atoms in total. The number of carbonyl (C=O) groups is 2. The van der Waals surface area contributed by atoms with Gasteiger partial charge in [0.1, 0.15) is 12.7 Å². The van der Waals surface area contributed by atoms with Crippen LogP contribution < -0.4 is 0 Å². The van der Waals surface area contributed by atoms with E-state index in [2.05, 4.69) is 66.3 Å². The molecule has 0 aliphatic rings. The number of allylic oxidation sites excluding steroid dienone is 10. The average Bonchev–Trinajstić information content (AvgIpc) is 3.17. The summed E-state index contributed by atoms with van der Waals surface area (Å²) >= 11 is 0. The van der Waals surface area contributed by atoms with Crippen LogP contribution in [0.2, 0.25) is 0 Å². The van der Waals surface area contributed by atoms with Gasteiger partial charge in [-0.3, -0.25) is 23.2 Å². The zero-order chi connectivity index (χ0) is 44.0. The summed E-state index contributed by atoms with van der Waals surface area (Å²) in [6, 6.07) is 0. The van der Waals surface area contributed by atoms with Gasteiger partial charge in [0.2, 0.25) is 0 Å². The molecule has 0 aromatic rings. The normalized spacial score (nSPS) is 15.4. The molecule has 0 aliphatic carbocycles. The zero-order valence-electron chi connectivity index (χ0n) is 35.6. The number of aliphatic hydroxyl groups is 2. The molecule has 0 aromatic carbocycles. The predicted molar refractivity (Wildman–Crippen MR) is 231 cm³/mol. The first-order valence-electron chi connectivity index (χ1n) is 21.1. The zero-order valence-corrected chi connectivity index (χ0v) is 37.4. The fraction of sp³-hybridized carbons (Fsp3) is 0.674. The molecule has 0 spiro atoms. The van der Waals surface area contributed by atoms with Crippen molar-refractivity contribution in [2.24, 2.45) is 5.92 Å². The van der Waals surface area contributed by atoms with E-state index in [0.29, 0.717) is 12.8 Å². The standard InChI is InChI=1S/C43H74O14P2/c1-4-5-6-7-8-9-10-11-12-15-18-21-25-30-39(44)31-26-23-28-33-43(47)57-41(37-56-59(51,52)55-35-40(45)34-54-58(48,49)50)36-53-42(46)32-27-22-19-16-13-14-17-20-24-29-38(2)3/h5-6,8-9,11-12,18,21,23,25-26,30,38-41,44-45H,4,7,10,13-17,19-20,22,24,27-29,31-37H2,1-3H3,(H,51,52)(H2,48,49,50)/b6-5-,9-8-,12-11-,21-18-,26-23-,30-25-/t39?,40-,41+/m0/s1. The van der Waals surface area contributed by atoms with Gasteiger partial charge in [-0.05, 0) is 50.9 Å². The van der Waals surface area contributed by atoms with Crippen molar-refractivity contribution in [1.82, 2.24) is 0 Å². The number of hydrogen-bond donors (Lipinski definition) is 5. The quantitative estimate of drug-likeness (QED) is 0.0128. The number of carbonyl (C=O) groups excluding carboxylic acids is 2. The highest BCUT2D eigenvalue weighted by atomic mass is 31.2. The average molecular weight is 877 g/mol. The minimum absolute atomic E-state index is 0.0776. The van der Waals surface area contributed by atoms with E-state index in [-0.39, 0.29) is 19.3 Å². The number of ether oxygens (including phenoxy) is 2. The van der Waals surface area contributed by atoms with E-state index < -0.39 is 72.3 Å². The maximum atomic E-state index is 12.6. The molecule has 4 atom stereocenters. The van der Waals surface area contributed by atoms with E-state index in [1.54, 1.807) is 24.3 Å². The van der Waals surface area contributed by atoms with Crippen molar-refractivity contribution in [3.05, 3.63) is 72.9 Å². The molecular weight excluding hydrogens is 802 g/mol. The topological polar surface area (TPSA) is 216 Å². The van der Waals surface area contributed by atoms with Crippen LogP contribution in [0.1, 0.15) is 136 Å². The number of phosphoric ester groups is 2. The Bertz CT molecular complexity index is 1350. The van der Waals surface area contributed by atoms with Crippen molar-refractivity contribution in [2.45, 2.75) is 155 Å². The number of aliphatic hydroxyl groups excluding tert-OH is 2. The van der Waals surface area contributed by atoms with E-state index in [0.717, 1.165) is 50.9 Å². The van der Waals surface area contributed by atoms with Gasteiger partial charge in [0.25, 0.3) is 0 Å². The van der Waals surface area contributed by atoms with Crippen LogP contribution in [-0.4, -0.2) is 81.6 Å². The lowest BCUT2D eigenvalue weighted by Crippen LogP contribution is -2.29. The van der Waals surface area contributed by atoms with Gasteiger partial charge in [-0.25, -0.2) is 9.13 Å². The largest absolute Gasteiger partial charge is 0.472 e. The Morgan fingerprint density at radius 2 is 1.17 bits per heavy atom. The van der Waals surface area contributed by atoms with Crippen LogP contribution in [0.4, 0.5) is 0 Å². The summed E-state index contributed by atoms with van der Waals surface area (Å²) in [4.78, 5) is 52.6. The lowest BCUT2D eigenvalue weighted by molar-refractivity contribution is -0.161. The Labute approximate surface area is 353 Å². The van der Waals surface area contributed by atoms with Gasteiger partial charge in [-0.2, -0.15) is 0 Å². The molecule has 340 valence electrons. The maximum Gasteiger partial charge on any atom is 0.472 e. The van der Waals surface area contributed by atoms with Gasteiger partial charge in [0.15, 0.2) is 6.10 Å². The number of hydrogen-bond acceptors (Lipinski definition) is 11. The van der Waals surface area contributed by atoms with E-state index in [1.807, 2.05) is 12.2 Å². The summed E-state index contributed by atoms with van der Waals surface area (Å²) in [5, 5.41) is 19.9. The van der Waals surface area contributed by atoms with Crippen LogP contribution in [0, 0.1) is 5.92 Å². The molecular formula is C43H74O14P2. The Morgan fingerprint density at radius 3 is 1.78 bits per heavy atom. The van der Waals surface area contributed by atoms with Crippen LogP contribution >= 0.6 is 15.6 Å². The minimum atomic E-state index is -4.88. The Morgan fingerprint density at radius 1 is 0.610 bits per heavy atom. The van der Waals surface area contributed by atoms with E-state index in [9.17, 15) is 33.8 Å². The molecule has 0 saturated heterocycles. The number of esters is 2. The first-order chi connectivity index (χ1) is 28.1. The second-order valence-electron chi connectivity index (χ2n) is 14.6. The number of unbranched alkanes of at least 4 members (excludes halogenated alkanes) is 8. The van der Waals surface area contributed by atoms with Crippen molar-refractivity contribution in [3.63, 3.8) is 0 Å². The third kappa shape index (κ3) is 42.0. The molecule has 0 bridgehead atoms. The molecule has 0 aliphatic heterocycles. The van der Waals surface area contributed by atoms with Gasteiger partial charge >= 0.3 is 27.6 Å². The summed E-state index contributed by atoms with van der Waals surface area (Å²) in [7, 11) is -9.74. The van der Waals surface area contributed by atoms with Gasteiger partial charge in [0, 0.05) is 12.8 Å². The summed E-state index contributed by atoms with van der Waals surface area (Å²) in [5.74, 6) is -0.472. The van der Waals surface area contributed by atoms with Crippen molar-refractivity contribution >= 4 is 27.6 Å². The van der Waals surface area contributed by atoms with Gasteiger partial charge in [-0.1, -0.05) is 151 Å². The lowest BCUT2D eigenvalue weighted by atomic mass is 10.0. The third-order valence-electron chi connectivity index (χ3n) is 8.37. The molecule has 0 aromatic heterocycles. The summed E-state index contributed by atoms with van der Waals surface area (Å²) in [6.45, 7) is 3.70. The first-order valence-corrected chi connectivity index (χ1v) is 24.1. The monoisotopic (exact) mass is 876 g/mol. The smallest absolute Gasteiger partial charge is 0.462 e. The molecule has 2 unspecified atom stereocenters. The molecule has 16 heteroatoms. The molecule has 0 heterocycles. The molecule has 0 rings (SSSR count). The molecule has 59 heavy (non-hydrogen) atoms. The second kappa shape index (κ2) is 37.3. The first kappa shape index (κ1) is 56.5. The number of rotatable bonds is 38. The van der Waals surface area contributed by atoms with Crippen LogP contribution in [0.25, 0.3) is 0 Å². The highest BCUT2D eigenvalue weighted by molar-refractivity contribution is 7.47. The molecule has 0 fully saturated rings. The van der Waals surface area contributed by atoms with Crippen molar-refractivity contribution in [3.8, 4) is 0 Å². The maximum absolute atomic E-state index is 12.6. The van der Waals surface area contributed by atoms with Crippen LogP contribution in [0.3, 0.4) is 0 Å². The minimum Gasteiger partial charge on any atom is -0.462 e. The summed E-state index contributed by atoms with van der Waals surface area (Å²) in [5.41, 5.74) is 0. The highest BCUT2D eigenvalue weighted by Gasteiger charge is 2.28. The van der Waals surface area contributed by atoms with Gasteiger partial charge in [0.05, 0.1) is 25.9 Å². The molecule has 5 N–H and O–H groups in total. The van der Waals surface area contributed by atoms with Gasteiger partial charge in [-0.15, -0.1) is 0 Å². The van der Waals surface area contributed by atoms with E-state index in [4.69, 9.17) is 23.8 Å². The lowest BCUT2D eigenvalue weighted by Gasteiger charge is -2.20. The highest BCUT2D eigenvalue weighted by Crippen LogP contribution is 2.43. The number of phosphoric acid groups is 2. The SMILES string of the molecule is CC/C=C\C/C=C\C/C=C\C/C=C\C=C/C(O)C/C=C\CCC(=O)O[C@H](COC(=O)CCCCCCCCCCCC(C)C)COP(=O)(O)OC[C@@H](O)COP(=O)(O)O. The van der Waals surface area contributed by atoms with Crippen LogP contribution in [0.15, 0.2) is 72.9 Å². The van der Waals surface area contributed by atoms with Gasteiger partial charge < -0.3 is 34.4 Å². The van der Waals surface area contributed by atoms with E-state index >= 15 is 0 Å². The van der Waals surface area contributed by atoms with Crippen molar-refractivity contribution < 1.29 is 66.7 Å². The molecule has 0 radical (unpaired) electrons. The van der Waals surface area contributed by atoms with Crippen LogP contribution in [-0.2, 0) is 41.8 Å². The molecule has 0 amide bonds. The van der Waals surface area contributed by atoms with Crippen molar-refractivity contribution in [2.75, 3.05) is 26.4 Å². The Balaban J connectivity index is 4.77. The third-order valence-corrected chi connectivity index (χ3v) is 9.81. The summed E-state index contributed by atoms with van der Waals surface area (Å²) in [6.07, 6.45) is 35.2. The Hall–Kier alpha value is -2.48. The fourth-order valence-corrected chi connectivity index (χ4v) is 6.33. The van der Waals surface area contributed by atoms with Crippen LogP contribution in [0.5, 0.6) is 0 Å². The predicted octanol–water partition coefficient (Wildman–Crippen LogP) is 9.44. The van der Waals surface area contributed by atoms with E-state index in [1.165, 1.54) is 38.5 Å². The summed E-state index contributed by atoms with van der Waals surface area (Å²) < 4.78 is 47.5. The fourth-order valence-electron chi connectivity index (χ4n) is 5.17. The Kier molecular flexibility index (Phi) is 35.7. The van der Waals surface area contributed by atoms with Crippen molar-refractivity contribution in [1.29, 1.82) is 0 Å². The second-order valence-corrected chi connectivity index (χ2v) is 17.3. The molecule has 0 saturated carbocycles.